The van der Waals surface area contributed by atoms with Crippen LogP contribution in [0.2, 0.25) is 0 Å². The number of rotatable bonds is 10. The average molecular weight is 410 g/mol. The third kappa shape index (κ3) is 5.82. The summed E-state index contributed by atoms with van der Waals surface area (Å²) in [5.41, 5.74) is 0.917. The van der Waals surface area contributed by atoms with Crippen LogP contribution in [0.1, 0.15) is 62.7 Å². The van der Waals surface area contributed by atoms with Gasteiger partial charge >= 0.3 is 0 Å². The largest absolute Gasteiger partial charge is 0.355 e. The molecule has 2 atom stereocenters. The Morgan fingerprint density at radius 1 is 1.33 bits per heavy atom. The number of nitrogens with one attached hydrogen (secondary N) is 2. The standard InChI is InChI=1S/C20H31N3O2S2/c1-6-8-9-15(7-2)10-21-18(24)14(5)26-11-16-22-19(25)17-12(3)13(4)27-20(17)23-16/h14-15H,6-11H2,1-5H3,(H,21,24)(H,22,23,25). The Bertz CT molecular complexity index is 828. The van der Waals surface area contributed by atoms with Gasteiger partial charge in [-0.15, -0.1) is 23.1 Å². The van der Waals surface area contributed by atoms with Crippen LogP contribution in [0.25, 0.3) is 10.2 Å². The number of hydrogen-bond donors (Lipinski definition) is 2. The number of hydrogen-bond acceptors (Lipinski definition) is 5. The van der Waals surface area contributed by atoms with Crippen LogP contribution >= 0.6 is 23.1 Å². The van der Waals surface area contributed by atoms with Gasteiger partial charge in [0, 0.05) is 11.4 Å². The van der Waals surface area contributed by atoms with Crippen molar-refractivity contribution in [1.29, 1.82) is 0 Å². The third-order valence-corrected chi connectivity index (χ3v) is 7.29. The van der Waals surface area contributed by atoms with Gasteiger partial charge in [-0.1, -0.05) is 33.1 Å². The van der Waals surface area contributed by atoms with E-state index in [9.17, 15) is 9.59 Å². The van der Waals surface area contributed by atoms with Crippen molar-refractivity contribution in [3.05, 3.63) is 26.6 Å². The van der Waals surface area contributed by atoms with Gasteiger partial charge in [-0.05, 0) is 38.7 Å². The molecule has 2 aromatic heterocycles. The van der Waals surface area contributed by atoms with Gasteiger partial charge < -0.3 is 10.3 Å². The van der Waals surface area contributed by atoms with Crippen LogP contribution in [0.15, 0.2) is 4.79 Å². The Morgan fingerprint density at radius 2 is 2.07 bits per heavy atom. The van der Waals surface area contributed by atoms with Crippen molar-refractivity contribution < 1.29 is 4.79 Å². The van der Waals surface area contributed by atoms with E-state index in [1.807, 2.05) is 20.8 Å². The van der Waals surface area contributed by atoms with E-state index in [1.54, 1.807) is 11.3 Å². The molecule has 0 radical (unpaired) electrons. The fourth-order valence-electron chi connectivity index (χ4n) is 2.98. The molecule has 7 heteroatoms. The Kier molecular flexibility index (Phi) is 8.35. The highest BCUT2D eigenvalue weighted by Gasteiger charge is 2.17. The van der Waals surface area contributed by atoms with Gasteiger partial charge in [-0.3, -0.25) is 9.59 Å². The number of thiophene rings is 1. The summed E-state index contributed by atoms with van der Waals surface area (Å²) in [5, 5.41) is 3.59. The highest BCUT2D eigenvalue weighted by atomic mass is 32.2. The molecule has 2 rings (SSSR count). The summed E-state index contributed by atoms with van der Waals surface area (Å²) in [6.45, 7) is 11.0. The molecule has 0 fully saturated rings. The van der Waals surface area contributed by atoms with Crippen molar-refractivity contribution in [3.63, 3.8) is 0 Å². The zero-order valence-electron chi connectivity index (χ0n) is 17.0. The van der Waals surface area contributed by atoms with Gasteiger partial charge in [0.2, 0.25) is 5.91 Å². The average Bonchev–Trinajstić information content (AvgIpc) is 2.93. The summed E-state index contributed by atoms with van der Waals surface area (Å²) in [6.07, 6.45) is 4.66. The lowest BCUT2D eigenvalue weighted by atomic mass is 9.99. The molecule has 0 spiro atoms. The van der Waals surface area contributed by atoms with Crippen molar-refractivity contribution in [2.75, 3.05) is 6.54 Å². The van der Waals surface area contributed by atoms with Gasteiger partial charge in [-0.25, -0.2) is 4.98 Å². The number of unbranched alkanes of at least 4 members (excludes halogenated alkanes) is 1. The van der Waals surface area contributed by atoms with Crippen LogP contribution in [-0.2, 0) is 10.5 Å². The maximum Gasteiger partial charge on any atom is 0.259 e. The summed E-state index contributed by atoms with van der Waals surface area (Å²) < 4.78 is 0. The number of carbonyl (C=O) groups is 1. The third-order valence-electron chi connectivity index (χ3n) is 5.04. The number of fused-ring (bicyclic) bond motifs is 1. The number of thioether (sulfide) groups is 1. The van der Waals surface area contributed by atoms with Crippen LogP contribution in [-0.4, -0.2) is 27.7 Å². The van der Waals surface area contributed by atoms with E-state index >= 15 is 0 Å². The van der Waals surface area contributed by atoms with E-state index in [4.69, 9.17) is 0 Å². The van der Waals surface area contributed by atoms with Crippen molar-refractivity contribution in [2.45, 2.75) is 71.3 Å². The topological polar surface area (TPSA) is 74.8 Å². The number of amides is 1. The van der Waals surface area contributed by atoms with Crippen molar-refractivity contribution in [2.24, 2.45) is 5.92 Å². The molecular weight excluding hydrogens is 378 g/mol. The predicted octanol–water partition coefficient (Wildman–Crippen LogP) is 4.56. The van der Waals surface area contributed by atoms with E-state index in [1.165, 1.54) is 31.0 Å². The molecule has 150 valence electrons. The zero-order valence-corrected chi connectivity index (χ0v) is 18.6. The van der Waals surface area contributed by atoms with Crippen LogP contribution < -0.4 is 10.9 Å². The lowest BCUT2D eigenvalue weighted by Crippen LogP contribution is -2.34. The van der Waals surface area contributed by atoms with Gasteiger partial charge in [0.15, 0.2) is 0 Å². The molecule has 0 aliphatic rings. The first-order chi connectivity index (χ1) is 12.9. The molecular formula is C20H31N3O2S2. The van der Waals surface area contributed by atoms with E-state index < -0.39 is 0 Å². The molecule has 0 aliphatic heterocycles. The molecule has 0 saturated heterocycles. The van der Waals surface area contributed by atoms with Crippen LogP contribution in [0.5, 0.6) is 0 Å². The number of nitrogens with zero attached hydrogens (tertiary/aromatic N) is 1. The predicted molar refractivity (Wildman–Crippen MR) is 117 cm³/mol. The Labute approximate surface area is 169 Å². The summed E-state index contributed by atoms with van der Waals surface area (Å²) in [4.78, 5) is 34.0. The minimum Gasteiger partial charge on any atom is -0.355 e. The van der Waals surface area contributed by atoms with Gasteiger partial charge in [0.25, 0.3) is 5.56 Å². The van der Waals surface area contributed by atoms with Crippen LogP contribution in [0.3, 0.4) is 0 Å². The van der Waals surface area contributed by atoms with Gasteiger partial charge in [-0.2, -0.15) is 0 Å². The van der Waals surface area contributed by atoms with Gasteiger partial charge in [0.1, 0.15) is 10.7 Å². The monoisotopic (exact) mass is 409 g/mol. The molecule has 27 heavy (non-hydrogen) atoms. The first kappa shape index (κ1) is 22.0. The molecule has 0 aliphatic carbocycles. The van der Waals surface area contributed by atoms with Crippen molar-refractivity contribution in [1.82, 2.24) is 15.3 Å². The highest BCUT2D eigenvalue weighted by molar-refractivity contribution is 7.99. The summed E-state index contributed by atoms with van der Waals surface area (Å²) in [6, 6.07) is 0. The molecule has 0 aromatic carbocycles. The molecule has 2 heterocycles. The molecule has 2 unspecified atom stereocenters. The lowest BCUT2D eigenvalue weighted by Gasteiger charge is -2.17. The van der Waals surface area contributed by atoms with Crippen LogP contribution in [0.4, 0.5) is 0 Å². The minimum absolute atomic E-state index is 0.0567. The lowest BCUT2D eigenvalue weighted by molar-refractivity contribution is -0.120. The van der Waals surface area contributed by atoms with E-state index in [0.717, 1.165) is 28.2 Å². The zero-order chi connectivity index (χ0) is 20.0. The minimum atomic E-state index is -0.179. The van der Waals surface area contributed by atoms with Crippen molar-refractivity contribution >= 4 is 39.2 Å². The fraction of sp³-hybridized carbons (Fsp3) is 0.650. The van der Waals surface area contributed by atoms with Gasteiger partial charge in [0.05, 0.1) is 16.4 Å². The Hall–Kier alpha value is -1.34. The Morgan fingerprint density at radius 3 is 2.74 bits per heavy atom. The molecule has 0 bridgehead atoms. The van der Waals surface area contributed by atoms with Crippen molar-refractivity contribution in [3.8, 4) is 0 Å². The number of carbonyl (C=O) groups excluding carboxylic acids is 1. The molecule has 1 amide bonds. The summed E-state index contributed by atoms with van der Waals surface area (Å²) in [7, 11) is 0. The molecule has 5 nitrogen and oxygen atoms in total. The fourth-order valence-corrected chi connectivity index (χ4v) is 4.81. The maximum absolute atomic E-state index is 12.4. The second kappa shape index (κ2) is 10.3. The Balaban J connectivity index is 1.91. The smallest absolute Gasteiger partial charge is 0.259 e. The first-order valence-corrected chi connectivity index (χ1v) is 11.6. The quantitative estimate of drug-likeness (QED) is 0.603. The first-order valence-electron chi connectivity index (χ1n) is 9.75. The summed E-state index contributed by atoms with van der Waals surface area (Å²) >= 11 is 3.05. The van der Waals surface area contributed by atoms with E-state index in [2.05, 4.69) is 29.1 Å². The van der Waals surface area contributed by atoms with E-state index in [0.29, 0.717) is 22.9 Å². The maximum atomic E-state index is 12.4. The SMILES string of the molecule is CCCCC(CC)CNC(=O)C(C)SCc1nc2sc(C)c(C)c2c(=O)[nH]1. The molecule has 2 aromatic rings. The van der Waals surface area contributed by atoms with Crippen LogP contribution in [0, 0.1) is 19.8 Å². The molecule has 2 N–H and O–H groups in total. The highest BCUT2D eigenvalue weighted by Crippen LogP contribution is 2.26. The number of H-pyrrole nitrogens is 1. The second-order valence-corrected chi connectivity index (χ2v) is 9.62. The summed E-state index contributed by atoms with van der Waals surface area (Å²) in [5.74, 6) is 1.76. The second-order valence-electron chi connectivity index (χ2n) is 7.09. The number of aromatic nitrogens is 2. The molecule has 0 saturated carbocycles. The number of aromatic amines is 1. The van der Waals surface area contributed by atoms with E-state index in [-0.39, 0.29) is 16.7 Å². The normalized spacial score (nSPS) is 13.7. The number of aryl methyl sites for hydroxylation is 2.